The molecular weight excluding hydrogens is 360 g/mol. The molecule has 5 rings (SSSR count). The van der Waals surface area contributed by atoms with Gasteiger partial charge in [0, 0.05) is 42.8 Å². The molecule has 1 aromatic heterocycles. The molecule has 0 spiro atoms. The highest BCUT2D eigenvalue weighted by Gasteiger charge is 2.31. The van der Waals surface area contributed by atoms with E-state index in [1.165, 1.54) is 72.7 Å². The molecule has 0 saturated heterocycles. The van der Waals surface area contributed by atoms with Crippen LogP contribution in [0.1, 0.15) is 59.5 Å². The van der Waals surface area contributed by atoms with E-state index in [1.807, 2.05) is 12.1 Å². The highest BCUT2D eigenvalue weighted by Crippen LogP contribution is 2.48. The SMILES string of the molecule is COC(=O)c1ccc2c(C3CCCCC3)c3n(c2c1)Cc1cc(N(C)C)ccc1-3. The summed E-state index contributed by atoms with van der Waals surface area (Å²) in [4.78, 5) is 14.3. The normalized spacial score (nSPS) is 16.0. The molecule has 0 radical (unpaired) electrons. The second-order valence-corrected chi connectivity index (χ2v) is 8.64. The van der Waals surface area contributed by atoms with Crippen molar-refractivity contribution < 1.29 is 9.53 Å². The second-order valence-electron chi connectivity index (χ2n) is 8.64. The van der Waals surface area contributed by atoms with E-state index in [-0.39, 0.29) is 5.97 Å². The Morgan fingerprint density at radius 1 is 1.07 bits per heavy atom. The molecule has 0 amide bonds. The molecule has 29 heavy (non-hydrogen) atoms. The van der Waals surface area contributed by atoms with Gasteiger partial charge in [0.1, 0.15) is 0 Å². The van der Waals surface area contributed by atoms with Gasteiger partial charge in [-0.15, -0.1) is 0 Å². The number of anilines is 1. The minimum atomic E-state index is -0.271. The van der Waals surface area contributed by atoms with Crippen LogP contribution < -0.4 is 4.90 Å². The number of ether oxygens (including phenoxy) is 1. The molecule has 4 nitrogen and oxygen atoms in total. The summed E-state index contributed by atoms with van der Waals surface area (Å²) in [5, 5.41) is 1.31. The van der Waals surface area contributed by atoms with Gasteiger partial charge in [0.25, 0.3) is 0 Å². The Balaban J connectivity index is 1.74. The highest BCUT2D eigenvalue weighted by molar-refractivity contribution is 6.00. The van der Waals surface area contributed by atoms with E-state index < -0.39 is 0 Å². The molecule has 1 saturated carbocycles. The zero-order valence-electron chi connectivity index (χ0n) is 17.5. The Morgan fingerprint density at radius 3 is 2.59 bits per heavy atom. The van der Waals surface area contributed by atoms with Gasteiger partial charge in [0.15, 0.2) is 0 Å². The van der Waals surface area contributed by atoms with Gasteiger partial charge < -0.3 is 14.2 Å². The van der Waals surface area contributed by atoms with Crippen molar-refractivity contribution in [2.45, 2.75) is 44.6 Å². The number of rotatable bonds is 3. The summed E-state index contributed by atoms with van der Waals surface area (Å²) in [5.41, 5.74) is 8.60. The Labute approximate surface area is 172 Å². The third-order valence-electron chi connectivity index (χ3n) is 6.73. The van der Waals surface area contributed by atoms with Gasteiger partial charge in [-0.05, 0) is 54.2 Å². The van der Waals surface area contributed by atoms with E-state index >= 15 is 0 Å². The Hall–Kier alpha value is -2.75. The molecule has 2 heterocycles. The van der Waals surface area contributed by atoms with E-state index in [0.29, 0.717) is 11.5 Å². The van der Waals surface area contributed by atoms with Crippen molar-refractivity contribution >= 4 is 22.6 Å². The first-order chi connectivity index (χ1) is 14.1. The van der Waals surface area contributed by atoms with Gasteiger partial charge in [-0.3, -0.25) is 0 Å². The lowest BCUT2D eigenvalue weighted by Crippen LogP contribution is -2.09. The number of fused-ring (bicyclic) bond motifs is 5. The van der Waals surface area contributed by atoms with Crippen molar-refractivity contribution in [3.63, 3.8) is 0 Å². The summed E-state index contributed by atoms with van der Waals surface area (Å²) in [6.45, 7) is 0.861. The Kier molecular flexibility index (Phi) is 4.38. The fourth-order valence-electron chi connectivity index (χ4n) is 5.27. The average Bonchev–Trinajstić information content (AvgIpc) is 3.27. The van der Waals surface area contributed by atoms with Crippen molar-refractivity contribution in [2.24, 2.45) is 0 Å². The minimum Gasteiger partial charge on any atom is -0.465 e. The lowest BCUT2D eigenvalue weighted by atomic mass is 9.81. The van der Waals surface area contributed by atoms with Crippen molar-refractivity contribution in [1.82, 2.24) is 4.57 Å². The summed E-state index contributed by atoms with van der Waals surface area (Å²) in [6, 6.07) is 12.9. The van der Waals surface area contributed by atoms with Crippen LogP contribution in [0.3, 0.4) is 0 Å². The first kappa shape index (κ1) is 18.3. The van der Waals surface area contributed by atoms with Gasteiger partial charge in [-0.25, -0.2) is 4.79 Å². The van der Waals surface area contributed by atoms with Crippen molar-refractivity contribution in [2.75, 3.05) is 26.1 Å². The maximum atomic E-state index is 12.2. The largest absolute Gasteiger partial charge is 0.465 e. The Morgan fingerprint density at radius 2 is 1.86 bits per heavy atom. The molecule has 0 bridgehead atoms. The quantitative estimate of drug-likeness (QED) is 0.430. The van der Waals surface area contributed by atoms with E-state index in [1.54, 1.807) is 0 Å². The third kappa shape index (κ3) is 2.85. The zero-order valence-corrected chi connectivity index (χ0v) is 17.5. The third-order valence-corrected chi connectivity index (χ3v) is 6.73. The fraction of sp³-hybridized carbons (Fsp3) is 0.400. The van der Waals surface area contributed by atoms with E-state index in [9.17, 15) is 4.79 Å². The van der Waals surface area contributed by atoms with Gasteiger partial charge in [0.05, 0.1) is 18.4 Å². The molecule has 2 aromatic carbocycles. The molecule has 3 aromatic rings. The number of methoxy groups -OCH3 is 1. The van der Waals surface area contributed by atoms with E-state index in [4.69, 9.17) is 4.74 Å². The lowest BCUT2D eigenvalue weighted by molar-refractivity contribution is 0.0601. The summed E-state index contributed by atoms with van der Waals surface area (Å²) in [6.07, 6.45) is 6.48. The van der Waals surface area contributed by atoms with E-state index in [2.05, 4.69) is 47.8 Å². The molecule has 0 atom stereocenters. The first-order valence-corrected chi connectivity index (χ1v) is 10.6. The number of carbonyl (C=O) groups excluding carboxylic acids is 1. The molecule has 0 unspecified atom stereocenters. The summed E-state index contributed by atoms with van der Waals surface area (Å²) in [5.74, 6) is 0.332. The van der Waals surface area contributed by atoms with Crippen LogP contribution in [0.2, 0.25) is 0 Å². The lowest BCUT2D eigenvalue weighted by Gasteiger charge is -2.23. The molecule has 2 aliphatic rings. The second kappa shape index (κ2) is 6.94. The number of benzene rings is 2. The van der Waals surface area contributed by atoms with Gasteiger partial charge in [-0.2, -0.15) is 0 Å². The van der Waals surface area contributed by atoms with Crippen LogP contribution >= 0.6 is 0 Å². The summed E-state index contributed by atoms with van der Waals surface area (Å²) < 4.78 is 7.40. The average molecular weight is 389 g/mol. The van der Waals surface area contributed by atoms with Gasteiger partial charge >= 0.3 is 5.97 Å². The number of hydrogen-bond acceptors (Lipinski definition) is 3. The number of esters is 1. The van der Waals surface area contributed by atoms with Crippen LogP contribution in [-0.2, 0) is 11.3 Å². The monoisotopic (exact) mass is 388 g/mol. The van der Waals surface area contributed by atoms with Crippen LogP contribution in [0.15, 0.2) is 36.4 Å². The number of hydrogen-bond donors (Lipinski definition) is 0. The summed E-state index contributed by atoms with van der Waals surface area (Å²) >= 11 is 0. The van der Waals surface area contributed by atoms with Crippen LogP contribution in [-0.4, -0.2) is 31.7 Å². The van der Waals surface area contributed by atoms with Crippen LogP contribution in [0.4, 0.5) is 5.69 Å². The van der Waals surface area contributed by atoms with Crippen LogP contribution in [0.5, 0.6) is 0 Å². The van der Waals surface area contributed by atoms with Crippen molar-refractivity contribution in [3.05, 3.63) is 53.1 Å². The zero-order chi connectivity index (χ0) is 20.1. The van der Waals surface area contributed by atoms with Crippen LogP contribution in [0, 0.1) is 0 Å². The molecule has 1 fully saturated rings. The molecule has 150 valence electrons. The van der Waals surface area contributed by atoms with Crippen LogP contribution in [0.25, 0.3) is 22.2 Å². The molecule has 1 aliphatic heterocycles. The maximum Gasteiger partial charge on any atom is 0.337 e. The predicted molar refractivity (Wildman–Crippen MR) is 118 cm³/mol. The molecular formula is C25H28N2O2. The number of carbonyl (C=O) groups is 1. The molecule has 4 heteroatoms. The van der Waals surface area contributed by atoms with Crippen molar-refractivity contribution in [3.8, 4) is 11.3 Å². The summed E-state index contributed by atoms with van der Waals surface area (Å²) in [7, 11) is 5.62. The van der Waals surface area contributed by atoms with Crippen molar-refractivity contribution in [1.29, 1.82) is 0 Å². The highest BCUT2D eigenvalue weighted by atomic mass is 16.5. The standard InChI is InChI=1S/C25H28N2O2/c1-26(2)19-10-12-20-18(13-19)15-27-22-14-17(25(28)29-3)9-11-21(22)23(24(20)27)16-7-5-4-6-8-16/h9-14,16H,4-8,15H2,1-3H3. The molecule has 0 N–H and O–H groups in total. The maximum absolute atomic E-state index is 12.2. The van der Waals surface area contributed by atoms with Gasteiger partial charge in [-0.1, -0.05) is 31.4 Å². The first-order valence-electron chi connectivity index (χ1n) is 10.6. The topological polar surface area (TPSA) is 34.5 Å². The molecule has 1 aliphatic carbocycles. The smallest absolute Gasteiger partial charge is 0.337 e. The van der Waals surface area contributed by atoms with Gasteiger partial charge in [0.2, 0.25) is 0 Å². The number of nitrogens with zero attached hydrogens (tertiary/aromatic N) is 2. The fourth-order valence-corrected chi connectivity index (χ4v) is 5.27. The minimum absolute atomic E-state index is 0.271. The number of aromatic nitrogens is 1. The van der Waals surface area contributed by atoms with E-state index in [0.717, 1.165) is 12.1 Å². The Bertz CT molecular complexity index is 1100. The predicted octanol–water partition coefficient (Wildman–Crippen LogP) is 5.57.